The average molecular weight is 329 g/mol. The maximum absolute atomic E-state index is 12.2. The van der Waals surface area contributed by atoms with Crippen molar-refractivity contribution in [3.63, 3.8) is 0 Å². The van der Waals surface area contributed by atoms with Gasteiger partial charge in [0.1, 0.15) is 0 Å². The number of hydrogen-bond acceptors (Lipinski definition) is 4. The van der Waals surface area contributed by atoms with E-state index in [1.807, 2.05) is 0 Å². The van der Waals surface area contributed by atoms with Gasteiger partial charge in [0.2, 0.25) is 0 Å². The van der Waals surface area contributed by atoms with Gasteiger partial charge in [-0.15, -0.1) is 0 Å². The molecule has 0 spiro atoms. The van der Waals surface area contributed by atoms with Crippen LogP contribution in [0.4, 0.5) is 5.69 Å². The minimum atomic E-state index is -0.530. The summed E-state index contributed by atoms with van der Waals surface area (Å²) in [6, 6.07) is 4.18. The molecule has 1 amide bonds. The summed E-state index contributed by atoms with van der Waals surface area (Å²) < 4.78 is 4.96. The van der Waals surface area contributed by atoms with E-state index < -0.39 is 4.92 Å². The normalized spacial score (nSPS) is 18.4. The minimum Gasteiger partial charge on any atom is -0.490 e. The van der Waals surface area contributed by atoms with Crippen LogP contribution < -0.4 is 4.74 Å². The van der Waals surface area contributed by atoms with Gasteiger partial charge in [-0.05, 0) is 12.5 Å². The Bertz CT molecular complexity index is 520. The fourth-order valence-electron chi connectivity index (χ4n) is 2.05. The molecule has 1 heterocycles. The zero-order chi connectivity index (χ0) is 14.0. The number of rotatable bonds is 3. The topological polar surface area (TPSA) is 72.7 Å². The standard InChI is InChI=1S/C12H13BrN2O4/c1-19-11-6-8(2-3-10(11)15(17)18)12(16)14-5-4-9(13)7-14/h2-3,6,9H,4-5,7H2,1H3. The summed E-state index contributed by atoms with van der Waals surface area (Å²) in [6.45, 7) is 1.34. The Morgan fingerprint density at radius 1 is 1.58 bits per heavy atom. The number of hydrogen-bond donors (Lipinski definition) is 0. The number of nitrogens with zero attached hydrogens (tertiary/aromatic N) is 2. The van der Waals surface area contributed by atoms with Gasteiger partial charge in [0.25, 0.3) is 5.91 Å². The molecule has 0 bridgehead atoms. The number of nitro benzene ring substituents is 1. The number of alkyl halides is 1. The smallest absolute Gasteiger partial charge is 0.310 e. The van der Waals surface area contributed by atoms with Crippen molar-refractivity contribution < 1.29 is 14.5 Å². The van der Waals surface area contributed by atoms with E-state index in [9.17, 15) is 14.9 Å². The van der Waals surface area contributed by atoms with Crippen LogP contribution in [-0.2, 0) is 0 Å². The van der Waals surface area contributed by atoms with Crippen LogP contribution >= 0.6 is 15.9 Å². The van der Waals surface area contributed by atoms with Crippen LogP contribution in [0.3, 0.4) is 0 Å². The molecule has 1 saturated heterocycles. The average Bonchev–Trinajstić information content (AvgIpc) is 2.83. The van der Waals surface area contributed by atoms with E-state index in [1.54, 1.807) is 4.90 Å². The maximum Gasteiger partial charge on any atom is 0.310 e. The molecule has 2 rings (SSSR count). The molecule has 19 heavy (non-hydrogen) atoms. The third kappa shape index (κ3) is 2.86. The van der Waals surface area contributed by atoms with E-state index in [1.165, 1.54) is 25.3 Å². The number of methoxy groups -OCH3 is 1. The zero-order valence-corrected chi connectivity index (χ0v) is 11.9. The second kappa shape index (κ2) is 5.56. The number of amides is 1. The summed E-state index contributed by atoms with van der Waals surface area (Å²) in [5.74, 6) is -0.0272. The summed E-state index contributed by atoms with van der Waals surface area (Å²) >= 11 is 3.47. The highest BCUT2D eigenvalue weighted by Crippen LogP contribution is 2.28. The molecule has 1 aliphatic heterocycles. The first-order valence-electron chi connectivity index (χ1n) is 5.78. The number of carbonyl (C=O) groups is 1. The van der Waals surface area contributed by atoms with Gasteiger partial charge in [0.05, 0.1) is 12.0 Å². The Hall–Kier alpha value is -1.63. The Morgan fingerprint density at radius 3 is 2.84 bits per heavy atom. The molecule has 0 aromatic heterocycles. The third-order valence-electron chi connectivity index (χ3n) is 3.04. The first-order valence-corrected chi connectivity index (χ1v) is 6.70. The van der Waals surface area contributed by atoms with Gasteiger partial charge in [0.15, 0.2) is 5.75 Å². The van der Waals surface area contributed by atoms with Crippen molar-refractivity contribution in [1.29, 1.82) is 0 Å². The van der Waals surface area contributed by atoms with Crippen molar-refractivity contribution in [2.75, 3.05) is 20.2 Å². The third-order valence-corrected chi connectivity index (χ3v) is 3.79. The maximum atomic E-state index is 12.2. The molecule has 1 aromatic rings. The van der Waals surface area contributed by atoms with Crippen molar-refractivity contribution in [2.45, 2.75) is 11.2 Å². The van der Waals surface area contributed by atoms with E-state index in [2.05, 4.69) is 15.9 Å². The van der Waals surface area contributed by atoms with Gasteiger partial charge in [-0.2, -0.15) is 0 Å². The highest BCUT2D eigenvalue weighted by atomic mass is 79.9. The monoisotopic (exact) mass is 328 g/mol. The van der Waals surface area contributed by atoms with Crippen molar-refractivity contribution in [2.24, 2.45) is 0 Å². The molecular weight excluding hydrogens is 316 g/mol. The highest BCUT2D eigenvalue weighted by molar-refractivity contribution is 9.09. The Morgan fingerprint density at radius 2 is 2.32 bits per heavy atom. The molecule has 102 valence electrons. The summed E-state index contributed by atoms with van der Waals surface area (Å²) in [4.78, 5) is 24.5. The van der Waals surface area contributed by atoms with Crippen molar-refractivity contribution in [3.8, 4) is 5.75 Å². The summed E-state index contributed by atoms with van der Waals surface area (Å²) in [5, 5.41) is 10.8. The Balaban J connectivity index is 2.26. The number of carbonyl (C=O) groups excluding carboxylic acids is 1. The molecule has 0 radical (unpaired) electrons. The van der Waals surface area contributed by atoms with E-state index >= 15 is 0 Å². The van der Waals surface area contributed by atoms with Gasteiger partial charge in [-0.25, -0.2) is 0 Å². The highest BCUT2D eigenvalue weighted by Gasteiger charge is 2.26. The molecule has 0 saturated carbocycles. The second-order valence-corrected chi connectivity index (χ2v) is 5.58. The van der Waals surface area contributed by atoms with Crippen molar-refractivity contribution in [1.82, 2.24) is 4.90 Å². The Kier molecular flexibility index (Phi) is 4.04. The predicted molar refractivity (Wildman–Crippen MR) is 72.9 cm³/mol. The minimum absolute atomic E-state index is 0.102. The first kappa shape index (κ1) is 13.8. The number of benzene rings is 1. The van der Waals surface area contributed by atoms with Crippen LogP contribution in [0.2, 0.25) is 0 Å². The van der Waals surface area contributed by atoms with Crippen molar-refractivity contribution >= 4 is 27.5 Å². The molecule has 0 aliphatic carbocycles. The number of nitro groups is 1. The van der Waals surface area contributed by atoms with Crippen LogP contribution in [0.15, 0.2) is 18.2 Å². The number of ether oxygens (including phenoxy) is 1. The summed E-state index contributed by atoms with van der Waals surface area (Å²) in [5.41, 5.74) is 0.267. The summed E-state index contributed by atoms with van der Waals surface area (Å²) in [6.07, 6.45) is 0.913. The van der Waals surface area contributed by atoms with Crippen LogP contribution in [-0.4, -0.2) is 40.8 Å². The molecule has 1 aromatic carbocycles. The van der Waals surface area contributed by atoms with Gasteiger partial charge >= 0.3 is 5.69 Å². The van der Waals surface area contributed by atoms with Crippen molar-refractivity contribution in [3.05, 3.63) is 33.9 Å². The largest absolute Gasteiger partial charge is 0.490 e. The lowest BCUT2D eigenvalue weighted by atomic mass is 10.1. The molecule has 7 heteroatoms. The molecular formula is C12H13BrN2O4. The lowest BCUT2D eigenvalue weighted by molar-refractivity contribution is -0.385. The lowest BCUT2D eigenvalue weighted by Gasteiger charge is -2.15. The van der Waals surface area contributed by atoms with E-state index in [0.29, 0.717) is 23.5 Å². The SMILES string of the molecule is COc1cc(C(=O)N2CCC(Br)C2)ccc1[N+](=O)[O-]. The van der Waals surface area contributed by atoms with Gasteiger partial charge in [-0.3, -0.25) is 14.9 Å². The van der Waals surface area contributed by atoms with Crippen LogP contribution in [0, 0.1) is 10.1 Å². The molecule has 1 atom stereocenters. The fraction of sp³-hybridized carbons (Fsp3) is 0.417. The van der Waals surface area contributed by atoms with Crippen LogP contribution in [0.25, 0.3) is 0 Å². The molecule has 1 fully saturated rings. The number of likely N-dealkylation sites (tertiary alicyclic amines) is 1. The van der Waals surface area contributed by atoms with Gasteiger partial charge in [0, 0.05) is 35.6 Å². The lowest BCUT2D eigenvalue weighted by Crippen LogP contribution is -2.28. The zero-order valence-electron chi connectivity index (χ0n) is 10.3. The van der Waals surface area contributed by atoms with Crippen LogP contribution in [0.1, 0.15) is 16.8 Å². The fourth-order valence-corrected chi connectivity index (χ4v) is 2.60. The molecule has 6 nitrogen and oxygen atoms in total. The molecule has 1 aliphatic rings. The van der Waals surface area contributed by atoms with Gasteiger partial charge < -0.3 is 9.64 Å². The first-order chi connectivity index (χ1) is 9.02. The van der Waals surface area contributed by atoms with E-state index in [4.69, 9.17) is 4.74 Å². The molecule has 1 unspecified atom stereocenters. The van der Waals surface area contributed by atoms with Gasteiger partial charge in [-0.1, -0.05) is 15.9 Å². The molecule has 0 N–H and O–H groups in total. The quantitative estimate of drug-likeness (QED) is 0.484. The number of halogens is 1. The summed E-state index contributed by atoms with van der Waals surface area (Å²) in [7, 11) is 1.35. The van der Waals surface area contributed by atoms with E-state index in [-0.39, 0.29) is 17.3 Å². The predicted octanol–water partition coefficient (Wildman–Crippen LogP) is 2.21. The Labute approximate surface area is 118 Å². The second-order valence-electron chi connectivity index (χ2n) is 4.28. The van der Waals surface area contributed by atoms with Crippen LogP contribution in [0.5, 0.6) is 5.75 Å². The van der Waals surface area contributed by atoms with E-state index in [0.717, 1.165) is 6.42 Å².